The lowest BCUT2D eigenvalue weighted by molar-refractivity contribution is 0.211. The van der Waals surface area contributed by atoms with E-state index in [0.29, 0.717) is 23.5 Å². The van der Waals surface area contributed by atoms with E-state index >= 15 is 0 Å². The van der Waals surface area contributed by atoms with Crippen molar-refractivity contribution in [2.75, 3.05) is 11.6 Å². The number of nitrogens with one attached hydrogen (secondary N) is 1. The second-order valence-electron chi connectivity index (χ2n) is 7.18. The summed E-state index contributed by atoms with van der Waals surface area (Å²) < 4.78 is 30.6. The number of nitrogens with zero attached hydrogens (tertiary/aromatic N) is 2. The Balaban J connectivity index is 1.80. The third-order valence-corrected chi connectivity index (χ3v) is 5.92. The van der Waals surface area contributed by atoms with Crippen LogP contribution in [-0.4, -0.2) is 30.3 Å². The SMILES string of the molecule is CC(C)Cc1cc(OC(=O)Nc2nccs2)n(Cc2ccc(S(C)(=O)=O)cc2)c1. The van der Waals surface area contributed by atoms with E-state index in [0.717, 1.165) is 17.5 Å². The first-order chi connectivity index (χ1) is 13.7. The molecular weight excluding hydrogens is 410 g/mol. The van der Waals surface area contributed by atoms with Gasteiger partial charge in [0.05, 0.1) is 11.4 Å². The van der Waals surface area contributed by atoms with Crippen molar-refractivity contribution >= 4 is 32.4 Å². The minimum absolute atomic E-state index is 0.272. The molecule has 29 heavy (non-hydrogen) atoms. The van der Waals surface area contributed by atoms with Crippen molar-refractivity contribution in [3.63, 3.8) is 0 Å². The minimum atomic E-state index is -3.24. The lowest BCUT2D eigenvalue weighted by Gasteiger charge is -2.10. The van der Waals surface area contributed by atoms with Crippen molar-refractivity contribution in [1.29, 1.82) is 0 Å². The van der Waals surface area contributed by atoms with Gasteiger partial charge in [0.25, 0.3) is 0 Å². The van der Waals surface area contributed by atoms with Gasteiger partial charge in [-0.1, -0.05) is 26.0 Å². The van der Waals surface area contributed by atoms with Gasteiger partial charge in [-0.2, -0.15) is 0 Å². The van der Waals surface area contributed by atoms with Crippen molar-refractivity contribution in [2.24, 2.45) is 5.92 Å². The third kappa shape index (κ3) is 5.91. The predicted molar refractivity (Wildman–Crippen MR) is 113 cm³/mol. The van der Waals surface area contributed by atoms with E-state index in [2.05, 4.69) is 24.1 Å². The maximum absolute atomic E-state index is 12.2. The van der Waals surface area contributed by atoms with Gasteiger partial charge in [0.2, 0.25) is 5.88 Å². The van der Waals surface area contributed by atoms with Crippen LogP contribution in [0, 0.1) is 5.92 Å². The molecular formula is C20H23N3O4S2. The molecule has 0 atom stereocenters. The molecule has 0 aliphatic carbocycles. The topological polar surface area (TPSA) is 90.3 Å². The number of anilines is 1. The molecule has 7 nitrogen and oxygen atoms in total. The molecule has 1 N–H and O–H groups in total. The van der Waals surface area contributed by atoms with Gasteiger partial charge >= 0.3 is 6.09 Å². The number of benzene rings is 1. The van der Waals surface area contributed by atoms with Crippen LogP contribution in [0.15, 0.2) is 53.0 Å². The summed E-state index contributed by atoms with van der Waals surface area (Å²) in [6.07, 6.45) is 4.98. The Morgan fingerprint density at radius 2 is 1.97 bits per heavy atom. The number of aromatic nitrogens is 2. The number of hydrogen-bond acceptors (Lipinski definition) is 6. The molecule has 0 unspecified atom stereocenters. The van der Waals surface area contributed by atoms with Crippen molar-refractivity contribution in [1.82, 2.24) is 9.55 Å². The maximum atomic E-state index is 12.2. The average molecular weight is 434 g/mol. The van der Waals surface area contributed by atoms with Crippen molar-refractivity contribution in [3.8, 4) is 5.88 Å². The van der Waals surface area contributed by atoms with Gasteiger partial charge in [0.1, 0.15) is 0 Å². The first-order valence-electron chi connectivity index (χ1n) is 9.07. The summed E-state index contributed by atoms with van der Waals surface area (Å²) in [5.74, 6) is 0.874. The largest absolute Gasteiger partial charge is 0.420 e. The zero-order chi connectivity index (χ0) is 21.0. The van der Waals surface area contributed by atoms with Gasteiger partial charge in [-0.25, -0.2) is 18.2 Å². The van der Waals surface area contributed by atoms with Crippen LogP contribution in [0.2, 0.25) is 0 Å². The van der Waals surface area contributed by atoms with Crippen LogP contribution in [0.25, 0.3) is 0 Å². The molecule has 0 bridgehead atoms. The Bertz CT molecular complexity index is 1070. The summed E-state index contributed by atoms with van der Waals surface area (Å²) in [5.41, 5.74) is 1.96. The second-order valence-corrected chi connectivity index (χ2v) is 10.1. The highest BCUT2D eigenvalue weighted by Crippen LogP contribution is 2.23. The Morgan fingerprint density at radius 1 is 1.24 bits per heavy atom. The molecule has 154 valence electrons. The normalized spacial score (nSPS) is 11.6. The van der Waals surface area contributed by atoms with Gasteiger partial charge in [-0.15, -0.1) is 11.3 Å². The molecule has 3 rings (SSSR count). The Kier molecular flexibility index (Phi) is 6.39. The highest BCUT2D eigenvalue weighted by atomic mass is 32.2. The van der Waals surface area contributed by atoms with Gasteiger partial charge in [-0.3, -0.25) is 5.32 Å². The number of ether oxygens (including phenoxy) is 1. The second kappa shape index (κ2) is 8.79. The van der Waals surface area contributed by atoms with Crippen LogP contribution in [0.5, 0.6) is 5.88 Å². The van der Waals surface area contributed by atoms with Crippen molar-refractivity contribution in [3.05, 3.63) is 59.2 Å². The fraction of sp³-hybridized carbons (Fsp3) is 0.300. The Labute approximate surface area is 174 Å². The molecule has 1 amide bonds. The van der Waals surface area contributed by atoms with Crippen molar-refractivity contribution < 1.29 is 17.9 Å². The third-order valence-electron chi connectivity index (χ3n) is 4.10. The van der Waals surface area contributed by atoms with Gasteiger partial charge in [0.15, 0.2) is 15.0 Å². The molecule has 0 saturated carbocycles. The molecule has 0 radical (unpaired) electrons. The zero-order valence-corrected chi connectivity index (χ0v) is 18.1. The summed E-state index contributed by atoms with van der Waals surface area (Å²) in [6.45, 7) is 4.69. The van der Waals surface area contributed by atoms with Gasteiger partial charge in [0, 0.05) is 30.1 Å². The first-order valence-corrected chi connectivity index (χ1v) is 11.8. The predicted octanol–water partition coefficient (Wildman–Crippen LogP) is 4.21. The summed E-state index contributed by atoms with van der Waals surface area (Å²) in [7, 11) is -3.24. The maximum Gasteiger partial charge on any atom is 0.420 e. The molecule has 0 aliphatic rings. The summed E-state index contributed by atoms with van der Waals surface area (Å²) in [6, 6.07) is 8.54. The molecule has 9 heteroatoms. The van der Waals surface area contributed by atoms with Gasteiger partial charge in [-0.05, 0) is 35.6 Å². The highest BCUT2D eigenvalue weighted by molar-refractivity contribution is 7.90. The molecule has 0 spiro atoms. The standard InChI is InChI=1S/C20H23N3O4S2/c1-14(2)10-16-11-18(27-20(24)22-19-21-8-9-28-19)23(13-16)12-15-4-6-17(7-5-15)29(3,25)26/h4-9,11,13-14H,10,12H2,1-3H3,(H,21,22,24). The molecule has 2 heterocycles. The van der Waals surface area contributed by atoms with E-state index < -0.39 is 15.9 Å². The lowest BCUT2D eigenvalue weighted by Crippen LogP contribution is -2.18. The Hall–Kier alpha value is -2.65. The number of sulfone groups is 1. The Morgan fingerprint density at radius 3 is 2.55 bits per heavy atom. The van der Waals surface area contributed by atoms with E-state index in [1.54, 1.807) is 35.8 Å². The van der Waals surface area contributed by atoms with Crippen LogP contribution in [0.3, 0.4) is 0 Å². The summed E-state index contributed by atoms with van der Waals surface area (Å²) in [4.78, 5) is 16.5. The lowest BCUT2D eigenvalue weighted by atomic mass is 10.1. The van der Waals surface area contributed by atoms with E-state index in [1.165, 1.54) is 17.6 Å². The van der Waals surface area contributed by atoms with Crippen molar-refractivity contribution in [2.45, 2.75) is 31.7 Å². The number of hydrogen-bond donors (Lipinski definition) is 1. The fourth-order valence-corrected chi connectivity index (χ4v) is 4.01. The van der Waals surface area contributed by atoms with Crippen LogP contribution in [-0.2, 0) is 22.8 Å². The molecule has 0 aliphatic heterocycles. The quantitative estimate of drug-likeness (QED) is 0.603. The minimum Gasteiger partial charge on any atom is -0.393 e. The number of carbonyl (C=O) groups is 1. The molecule has 0 fully saturated rings. The molecule has 3 aromatic rings. The zero-order valence-electron chi connectivity index (χ0n) is 16.5. The van der Waals surface area contributed by atoms with Crippen LogP contribution < -0.4 is 10.1 Å². The van der Waals surface area contributed by atoms with Crippen LogP contribution in [0.4, 0.5) is 9.93 Å². The van der Waals surface area contributed by atoms with Crippen LogP contribution in [0.1, 0.15) is 25.0 Å². The monoisotopic (exact) mass is 433 g/mol. The van der Waals surface area contributed by atoms with E-state index in [-0.39, 0.29) is 4.90 Å². The summed E-state index contributed by atoms with van der Waals surface area (Å²) >= 11 is 1.31. The number of amides is 1. The smallest absolute Gasteiger partial charge is 0.393 e. The molecule has 1 aromatic carbocycles. The number of rotatable bonds is 7. The van der Waals surface area contributed by atoms with E-state index in [9.17, 15) is 13.2 Å². The molecule has 0 saturated heterocycles. The molecule has 2 aromatic heterocycles. The fourth-order valence-electron chi connectivity index (χ4n) is 2.87. The first kappa shape index (κ1) is 21.1. The number of thiazole rings is 1. The summed E-state index contributed by atoms with van der Waals surface area (Å²) in [5, 5.41) is 4.83. The van der Waals surface area contributed by atoms with Crippen LogP contribution >= 0.6 is 11.3 Å². The number of carbonyl (C=O) groups excluding carboxylic acids is 1. The highest BCUT2D eigenvalue weighted by Gasteiger charge is 2.14. The van der Waals surface area contributed by atoms with Gasteiger partial charge < -0.3 is 9.30 Å². The van der Waals surface area contributed by atoms with E-state index in [1.807, 2.05) is 16.8 Å². The van der Waals surface area contributed by atoms with E-state index in [4.69, 9.17) is 4.74 Å². The average Bonchev–Trinajstić information content (AvgIpc) is 3.24.